The second-order valence-electron chi connectivity index (χ2n) is 8.76. The largest absolute Gasteiger partial charge is 0.355 e. The number of hydrogen-bond acceptors (Lipinski definition) is 2. The minimum Gasteiger partial charge on any atom is -0.355 e. The van der Waals surface area contributed by atoms with Crippen molar-refractivity contribution < 1.29 is 0 Å². The summed E-state index contributed by atoms with van der Waals surface area (Å²) in [4.78, 5) is 17.1. The minimum absolute atomic E-state index is 0.716. The van der Waals surface area contributed by atoms with Gasteiger partial charge >= 0.3 is 0 Å². The summed E-state index contributed by atoms with van der Waals surface area (Å²) in [6.45, 7) is 6.29. The highest BCUT2D eigenvalue weighted by molar-refractivity contribution is 6.30. The molecule has 2 N–H and O–H groups in total. The van der Waals surface area contributed by atoms with E-state index in [2.05, 4.69) is 91.4 Å². The third kappa shape index (κ3) is 3.39. The first-order valence-electron chi connectivity index (χ1n) is 11.3. The summed E-state index contributed by atoms with van der Waals surface area (Å²) in [5.74, 6) is 0. The summed E-state index contributed by atoms with van der Waals surface area (Å²) < 4.78 is 0. The standard InChI is InChI=1S/C29H23ClN4/c1-16-21-8-10-23(31-21)17(2)25-12-14-27(33-25)29(19-4-6-20(30)7-5-19)28-15-13-26(34-28)18(3)24-11-9-22(16)32-24/h4-15,33-34H,1-3H3. The zero-order chi connectivity index (χ0) is 23.4. The van der Waals surface area contributed by atoms with E-state index < -0.39 is 0 Å². The van der Waals surface area contributed by atoms with Crippen LogP contribution in [0.1, 0.15) is 39.5 Å². The van der Waals surface area contributed by atoms with Crippen molar-refractivity contribution in [1.29, 1.82) is 0 Å². The zero-order valence-corrected chi connectivity index (χ0v) is 20.0. The highest BCUT2D eigenvalue weighted by Gasteiger charge is 2.13. The molecule has 0 aliphatic carbocycles. The van der Waals surface area contributed by atoms with Gasteiger partial charge in [-0.25, -0.2) is 9.97 Å². The molecule has 2 aliphatic heterocycles. The quantitative estimate of drug-likeness (QED) is 0.261. The van der Waals surface area contributed by atoms with Gasteiger partial charge in [0.1, 0.15) is 0 Å². The summed E-state index contributed by atoms with van der Waals surface area (Å²) in [5, 5.41) is 0.716. The number of aromatic amines is 2. The molecule has 0 fully saturated rings. The van der Waals surface area contributed by atoms with E-state index in [1.807, 2.05) is 12.1 Å². The molecule has 0 saturated heterocycles. The van der Waals surface area contributed by atoms with Crippen LogP contribution >= 0.6 is 11.6 Å². The van der Waals surface area contributed by atoms with Crippen LogP contribution in [0.5, 0.6) is 0 Å². The lowest BCUT2D eigenvalue weighted by molar-refractivity contribution is 1.19. The fraction of sp³-hybridized carbons (Fsp3) is 0.103. The number of rotatable bonds is 1. The van der Waals surface area contributed by atoms with E-state index in [1.54, 1.807) is 0 Å². The molecule has 6 rings (SSSR count). The number of fused-ring (bicyclic) bond motifs is 8. The van der Waals surface area contributed by atoms with Crippen LogP contribution in [0.3, 0.4) is 0 Å². The molecule has 0 radical (unpaired) electrons. The Bertz CT molecular complexity index is 1580. The normalized spacial score (nSPS) is 12.5. The molecule has 1 aromatic carbocycles. The number of nitrogens with zero attached hydrogens (tertiary/aromatic N) is 2. The van der Waals surface area contributed by atoms with Crippen LogP contribution in [0.15, 0.2) is 48.5 Å². The molecule has 3 aromatic heterocycles. The Morgan fingerprint density at radius 2 is 0.941 bits per heavy atom. The molecule has 8 bridgehead atoms. The van der Waals surface area contributed by atoms with Gasteiger partial charge in [0, 0.05) is 38.2 Å². The molecule has 166 valence electrons. The summed E-state index contributed by atoms with van der Waals surface area (Å²) >= 11 is 6.19. The molecule has 4 aromatic rings. The van der Waals surface area contributed by atoms with Crippen molar-refractivity contribution in [1.82, 2.24) is 19.9 Å². The van der Waals surface area contributed by atoms with Crippen LogP contribution < -0.4 is 0 Å². The number of halogens is 1. The highest BCUT2D eigenvalue weighted by atomic mass is 35.5. The lowest BCUT2D eigenvalue weighted by Crippen LogP contribution is -1.88. The monoisotopic (exact) mass is 462 g/mol. The summed E-state index contributed by atoms with van der Waals surface area (Å²) in [6.07, 6.45) is 8.30. The van der Waals surface area contributed by atoms with Crippen LogP contribution in [-0.2, 0) is 0 Å². The Morgan fingerprint density at radius 3 is 1.41 bits per heavy atom. The predicted molar refractivity (Wildman–Crippen MR) is 144 cm³/mol. The Balaban J connectivity index is 1.78. The lowest BCUT2D eigenvalue weighted by Gasteiger charge is -2.03. The third-order valence-electron chi connectivity index (χ3n) is 6.67. The summed E-state index contributed by atoms with van der Waals surface area (Å²) in [7, 11) is 0. The van der Waals surface area contributed by atoms with E-state index in [9.17, 15) is 0 Å². The van der Waals surface area contributed by atoms with Gasteiger partial charge in [-0.05, 0) is 98.2 Å². The lowest BCUT2D eigenvalue weighted by atomic mass is 10.1. The maximum Gasteiger partial charge on any atom is 0.0688 e. The smallest absolute Gasteiger partial charge is 0.0688 e. The Labute approximate surface area is 202 Å². The Kier molecular flexibility index (Phi) is 4.78. The second-order valence-corrected chi connectivity index (χ2v) is 9.20. The highest BCUT2D eigenvalue weighted by Crippen LogP contribution is 2.31. The topological polar surface area (TPSA) is 57.4 Å². The average molecular weight is 463 g/mol. The van der Waals surface area contributed by atoms with Crippen LogP contribution in [-0.4, -0.2) is 19.9 Å². The van der Waals surface area contributed by atoms with E-state index in [0.717, 1.165) is 72.7 Å². The maximum atomic E-state index is 6.19. The van der Waals surface area contributed by atoms with E-state index in [4.69, 9.17) is 21.6 Å². The number of benzene rings is 1. The molecule has 0 saturated carbocycles. The van der Waals surface area contributed by atoms with Crippen LogP contribution in [0.25, 0.3) is 57.5 Å². The fourth-order valence-corrected chi connectivity index (χ4v) is 4.68. The number of H-pyrrole nitrogens is 2. The second kappa shape index (κ2) is 7.86. The van der Waals surface area contributed by atoms with E-state index in [0.29, 0.717) is 5.02 Å². The molecule has 0 atom stereocenters. The average Bonchev–Trinajstić information content (AvgIpc) is 3.65. The van der Waals surface area contributed by atoms with E-state index >= 15 is 0 Å². The SMILES string of the molecule is Cc1c2nc(c(C)c3ccc([nH]3)c(-c3ccc(Cl)cc3)c3ccc([nH]3)c(C)c3nc1C=C3)C=C2. The first-order valence-corrected chi connectivity index (χ1v) is 11.7. The van der Waals surface area contributed by atoms with Gasteiger partial charge in [0.05, 0.1) is 22.8 Å². The summed E-state index contributed by atoms with van der Waals surface area (Å²) in [5.41, 5.74) is 13.4. The minimum atomic E-state index is 0.716. The van der Waals surface area contributed by atoms with Gasteiger partial charge in [-0.15, -0.1) is 0 Å². The molecule has 0 amide bonds. The van der Waals surface area contributed by atoms with Gasteiger partial charge < -0.3 is 9.97 Å². The predicted octanol–water partition coefficient (Wildman–Crippen LogP) is 7.90. The first-order chi connectivity index (χ1) is 16.5. The molecule has 0 spiro atoms. The van der Waals surface area contributed by atoms with Crippen molar-refractivity contribution in [2.75, 3.05) is 0 Å². The molecule has 34 heavy (non-hydrogen) atoms. The van der Waals surface area contributed by atoms with Crippen molar-refractivity contribution in [3.63, 3.8) is 0 Å². The number of aryl methyl sites for hydroxylation is 2. The van der Waals surface area contributed by atoms with E-state index in [1.165, 1.54) is 0 Å². The van der Waals surface area contributed by atoms with Crippen molar-refractivity contribution >= 4 is 58.0 Å². The third-order valence-corrected chi connectivity index (χ3v) is 6.92. The van der Waals surface area contributed by atoms with Crippen LogP contribution in [0.2, 0.25) is 5.02 Å². The van der Waals surface area contributed by atoms with Gasteiger partial charge in [-0.3, -0.25) is 0 Å². The van der Waals surface area contributed by atoms with Gasteiger partial charge in [0.25, 0.3) is 0 Å². The van der Waals surface area contributed by atoms with Crippen LogP contribution in [0, 0.1) is 20.8 Å². The number of hydrogen-bond donors (Lipinski definition) is 2. The van der Waals surface area contributed by atoms with Crippen molar-refractivity contribution in [2.45, 2.75) is 20.8 Å². The molecular formula is C29H23ClN4. The van der Waals surface area contributed by atoms with Crippen LogP contribution in [0.4, 0.5) is 0 Å². The fourth-order valence-electron chi connectivity index (χ4n) is 4.56. The molecular weight excluding hydrogens is 440 g/mol. The first kappa shape index (κ1) is 20.7. The molecule has 2 aliphatic rings. The molecule has 4 nitrogen and oxygen atoms in total. The van der Waals surface area contributed by atoms with Gasteiger partial charge in [-0.1, -0.05) is 23.7 Å². The molecule has 0 unspecified atom stereocenters. The zero-order valence-electron chi connectivity index (χ0n) is 19.2. The Hall–Kier alpha value is -3.89. The van der Waals surface area contributed by atoms with Crippen molar-refractivity contribution in [3.8, 4) is 11.1 Å². The molecule has 5 heteroatoms. The van der Waals surface area contributed by atoms with Crippen molar-refractivity contribution in [2.24, 2.45) is 0 Å². The summed E-state index contributed by atoms with van der Waals surface area (Å²) in [6, 6.07) is 16.5. The number of nitrogens with one attached hydrogen (secondary N) is 2. The van der Waals surface area contributed by atoms with Gasteiger partial charge in [0.2, 0.25) is 0 Å². The van der Waals surface area contributed by atoms with Crippen molar-refractivity contribution in [3.05, 3.63) is 93.0 Å². The van der Waals surface area contributed by atoms with Gasteiger partial charge in [-0.2, -0.15) is 0 Å². The van der Waals surface area contributed by atoms with E-state index in [-0.39, 0.29) is 0 Å². The maximum absolute atomic E-state index is 6.19. The van der Waals surface area contributed by atoms with Gasteiger partial charge in [0.15, 0.2) is 0 Å². The number of aromatic nitrogens is 4. The molecule has 5 heterocycles. The Morgan fingerprint density at radius 1 is 0.529 bits per heavy atom.